The van der Waals surface area contributed by atoms with E-state index in [1.165, 1.54) is 25.7 Å². The topological polar surface area (TPSA) is 62.4 Å². The van der Waals surface area contributed by atoms with E-state index in [9.17, 15) is 5.11 Å². The molecule has 0 aromatic carbocycles. The van der Waals surface area contributed by atoms with E-state index in [2.05, 4.69) is 15.0 Å². The zero-order chi connectivity index (χ0) is 12.1. The minimum absolute atomic E-state index is 0.382. The van der Waals surface area contributed by atoms with E-state index in [-0.39, 0.29) is 6.10 Å². The molecule has 0 spiro atoms. The molecule has 0 amide bonds. The van der Waals surface area contributed by atoms with E-state index in [4.69, 9.17) is 4.52 Å². The van der Waals surface area contributed by atoms with Crippen molar-refractivity contribution in [2.75, 3.05) is 18.0 Å². The Balaban J connectivity index is 1.96. The second-order valence-electron chi connectivity index (χ2n) is 4.66. The van der Waals surface area contributed by atoms with Crippen LogP contribution in [0, 0.1) is 0 Å². The zero-order valence-electron chi connectivity index (χ0n) is 10.4. The van der Waals surface area contributed by atoms with Crippen LogP contribution in [0.5, 0.6) is 0 Å². The molecule has 1 aromatic rings. The van der Waals surface area contributed by atoms with Crippen LogP contribution in [0.4, 0.5) is 5.95 Å². The highest BCUT2D eigenvalue weighted by molar-refractivity contribution is 5.27. The van der Waals surface area contributed by atoms with Crippen LogP contribution >= 0.6 is 0 Å². The average Bonchev–Trinajstić information content (AvgIpc) is 2.63. The van der Waals surface area contributed by atoms with Crippen LogP contribution in [0.1, 0.15) is 44.9 Å². The van der Waals surface area contributed by atoms with Crippen molar-refractivity contribution in [1.82, 2.24) is 10.1 Å². The smallest absolute Gasteiger partial charge is 0.266 e. The van der Waals surface area contributed by atoms with Crippen molar-refractivity contribution in [3.63, 3.8) is 0 Å². The predicted octanol–water partition coefficient (Wildman–Crippen LogP) is 1.76. The van der Waals surface area contributed by atoms with E-state index in [1.54, 1.807) is 0 Å². The Kier molecular flexibility index (Phi) is 4.36. The predicted molar refractivity (Wildman–Crippen MR) is 65.0 cm³/mol. The van der Waals surface area contributed by atoms with Gasteiger partial charge in [-0.25, -0.2) is 0 Å². The molecular weight excluding hydrogens is 218 g/mol. The van der Waals surface area contributed by atoms with Crippen LogP contribution < -0.4 is 4.90 Å². The average molecular weight is 239 g/mol. The molecule has 1 fully saturated rings. The van der Waals surface area contributed by atoms with Gasteiger partial charge in [-0.2, -0.15) is 4.98 Å². The molecule has 2 heterocycles. The summed E-state index contributed by atoms with van der Waals surface area (Å²) >= 11 is 0. The molecule has 1 aliphatic rings. The van der Waals surface area contributed by atoms with Gasteiger partial charge in [0.15, 0.2) is 0 Å². The number of rotatable bonds is 4. The van der Waals surface area contributed by atoms with Crippen molar-refractivity contribution in [2.24, 2.45) is 0 Å². The number of hydrogen-bond donors (Lipinski definition) is 1. The molecule has 0 bridgehead atoms. The summed E-state index contributed by atoms with van der Waals surface area (Å²) in [4.78, 5) is 6.53. The van der Waals surface area contributed by atoms with Crippen molar-refractivity contribution in [1.29, 1.82) is 0 Å². The summed E-state index contributed by atoms with van der Waals surface area (Å²) in [6, 6.07) is 0. The fraction of sp³-hybridized carbons (Fsp3) is 0.833. The van der Waals surface area contributed by atoms with E-state index < -0.39 is 0 Å². The standard InChI is InChI=1S/C12H21N3O2/c1-2-10(16)9-11-13-12(14-17-11)15-7-5-3-4-6-8-15/h10,16H,2-9H2,1H3. The lowest BCUT2D eigenvalue weighted by molar-refractivity contribution is 0.158. The van der Waals surface area contributed by atoms with E-state index >= 15 is 0 Å². The van der Waals surface area contributed by atoms with Gasteiger partial charge < -0.3 is 14.5 Å². The third-order valence-electron chi connectivity index (χ3n) is 3.23. The molecule has 1 N–H and O–H groups in total. The summed E-state index contributed by atoms with van der Waals surface area (Å²) in [5.74, 6) is 1.23. The van der Waals surface area contributed by atoms with E-state index in [1.807, 2.05) is 6.92 Å². The molecule has 5 heteroatoms. The van der Waals surface area contributed by atoms with Crippen LogP contribution in [0.3, 0.4) is 0 Å². The molecule has 1 saturated heterocycles. The SMILES string of the molecule is CCC(O)Cc1nc(N2CCCCCC2)no1. The Morgan fingerprint density at radius 2 is 2.00 bits per heavy atom. The van der Waals surface area contributed by atoms with Crippen LogP contribution in [0.25, 0.3) is 0 Å². The molecule has 0 aliphatic carbocycles. The van der Waals surface area contributed by atoms with Crippen LogP contribution in [-0.2, 0) is 6.42 Å². The Morgan fingerprint density at radius 3 is 2.65 bits per heavy atom. The zero-order valence-corrected chi connectivity index (χ0v) is 10.4. The van der Waals surface area contributed by atoms with Gasteiger partial charge in [0.05, 0.1) is 12.5 Å². The maximum absolute atomic E-state index is 9.53. The third-order valence-corrected chi connectivity index (χ3v) is 3.23. The second kappa shape index (κ2) is 6.00. The maximum Gasteiger partial charge on any atom is 0.266 e. The molecule has 0 radical (unpaired) electrons. The largest absolute Gasteiger partial charge is 0.393 e. The Bertz CT molecular complexity index is 332. The Hall–Kier alpha value is -1.10. The van der Waals surface area contributed by atoms with Crippen LogP contribution in [0.15, 0.2) is 4.52 Å². The molecular formula is C12H21N3O2. The number of anilines is 1. The minimum Gasteiger partial charge on any atom is -0.393 e. The van der Waals surface area contributed by atoms with Gasteiger partial charge in [-0.05, 0) is 24.4 Å². The lowest BCUT2D eigenvalue weighted by Crippen LogP contribution is -2.25. The molecule has 1 aromatic heterocycles. The summed E-state index contributed by atoms with van der Waals surface area (Å²) in [7, 11) is 0. The highest BCUT2D eigenvalue weighted by Crippen LogP contribution is 2.16. The molecule has 1 unspecified atom stereocenters. The number of hydrogen-bond acceptors (Lipinski definition) is 5. The van der Waals surface area contributed by atoms with Gasteiger partial charge in [-0.3, -0.25) is 0 Å². The maximum atomic E-state index is 9.53. The number of aromatic nitrogens is 2. The minimum atomic E-state index is -0.382. The highest BCUT2D eigenvalue weighted by Gasteiger charge is 2.17. The van der Waals surface area contributed by atoms with Gasteiger partial charge in [-0.15, -0.1) is 0 Å². The Labute approximate surface area is 102 Å². The summed E-state index contributed by atoms with van der Waals surface area (Å²) in [5.41, 5.74) is 0. The van der Waals surface area contributed by atoms with Crippen molar-refractivity contribution >= 4 is 5.95 Å². The summed E-state index contributed by atoms with van der Waals surface area (Å²) in [6.07, 6.45) is 5.75. The normalized spacial score (nSPS) is 19.1. The monoisotopic (exact) mass is 239 g/mol. The molecule has 2 rings (SSSR count). The number of nitrogens with zero attached hydrogens (tertiary/aromatic N) is 3. The van der Waals surface area contributed by atoms with Crippen molar-refractivity contribution in [2.45, 2.75) is 51.6 Å². The van der Waals surface area contributed by atoms with Crippen molar-refractivity contribution < 1.29 is 9.63 Å². The molecule has 1 atom stereocenters. The first kappa shape index (κ1) is 12.4. The van der Waals surface area contributed by atoms with Gasteiger partial charge in [0.1, 0.15) is 0 Å². The Morgan fingerprint density at radius 1 is 1.29 bits per heavy atom. The van der Waals surface area contributed by atoms with Crippen LogP contribution in [0.2, 0.25) is 0 Å². The quantitative estimate of drug-likeness (QED) is 0.867. The molecule has 5 nitrogen and oxygen atoms in total. The molecule has 17 heavy (non-hydrogen) atoms. The van der Waals surface area contributed by atoms with E-state index in [0.717, 1.165) is 13.1 Å². The van der Waals surface area contributed by atoms with Crippen molar-refractivity contribution in [3.05, 3.63) is 5.89 Å². The summed E-state index contributed by atoms with van der Waals surface area (Å²) in [5, 5.41) is 13.5. The van der Waals surface area contributed by atoms with Gasteiger partial charge in [0, 0.05) is 13.1 Å². The van der Waals surface area contributed by atoms with E-state index in [0.29, 0.717) is 24.7 Å². The fourth-order valence-corrected chi connectivity index (χ4v) is 2.07. The number of aliphatic hydroxyl groups is 1. The first-order valence-electron chi connectivity index (χ1n) is 6.55. The first-order valence-corrected chi connectivity index (χ1v) is 6.55. The van der Waals surface area contributed by atoms with Crippen molar-refractivity contribution in [3.8, 4) is 0 Å². The van der Waals surface area contributed by atoms with Gasteiger partial charge in [-0.1, -0.05) is 19.8 Å². The van der Waals surface area contributed by atoms with Gasteiger partial charge >= 0.3 is 0 Å². The molecule has 0 saturated carbocycles. The molecule has 96 valence electrons. The third kappa shape index (κ3) is 3.43. The summed E-state index contributed by atoms with van der Waals surface area (Å²) < 4.78 is 5.17. The van der Waals surface area contributed by atoms with Gasteiger partial charge in [0.25, 0.3) is 5.95 Å². The lowest BCUT2D eigenvalue weighted by Gasteiger charge is -2.16. The lowest BCUT2D eigenvalue weighted by atomic mass is 10.2. The van der Waals surface area contributed by atoms with Gasteiger partial charge in [0.2, 0.25) is 5.89 Å². The summed E-state index contributed by atoms with van der Waals surface area (Å²) in [6.45, 7) is 3.96. The second-order valence-corrected chi connectivity index (χ2v) is 4.66. The first-order chi connectivity index (χ1) is 8.29. The van der Waals surface area contributed by atoms with Crippen LogP contribution in [-0.4, -0.2) is 34.4 Å². The fourth-order valence-electron chi connectivity index (χ4n) is 2.07. The highest BCUT2D eigenvalue weighted by atomic mass is 16.5. The number of aliphatic hydroxyl groups excluding tert-OH is 1. The molecule has 1 aliphatic heterocycles.